The molecule has 1 aliphatic rings. The van der Waals surface area contributed by atoms with Gasteiger partial charge in [-0.15, -0.1) is 11.3 Å². The summed E-state index contributed by atoms with van der Waals surface area (Å²) in [5, 5.41) is 0. The van der Waals surface area contributed by atoms with Crippen molar-refractivity contribution in [1.82, 2.24) is 0 Å². The maximum Gasteiger partial charge on any atom is 0.261 e. The molecule has 2 rings (SSSR count). The predicted molar refractivity (Wildman–Crippen MR) is 63.8 cm³/mol. The largest absolute Gasteiger partial charge is 0.365 e. The van der Waals surface area contributed by atoms with Crippen LogP contribution in [0.3, 0.4) is 0 Å². The normalized spacial score (nSPS) is 20.6. The molecule has 86 valence electrons. The van der Waals surface area contributed by atoms with Crippen molar-refractivity contribution in [2.75, 3.05) is 0 Å². The fourth-order valence-corrected chi connectivity index (χ4v) is 2.94. The van der Waals surface area contributed by atoms with Crippen molar-refractivity contribution in [1.29, 1.82) is 0 Å². The van der Waals surface area contributed by atoms with Gasteiger partial charge in [0.15, 0.2) is 0 Å². The van der Waals surface area contributed by atoms with Gasteiger partial charge in [-0.25, -0.2) is 4.39 Å². The molecule has 1 aliphatic carbocycles. The summed E-state index contributed by atoms with van der Waals surface area (Å²) in [6.45, 7) is 2.19. The van der Waals surface area contributed by atoms with Crippen LogP contribution in [0.4, 0.5) is 4.39 Å². The van der Waals surface area contributed by atoms with Crippen LogP contribution in [-0.4, -0.2) is 5.91 Å². The SMILES string of the molecule is CC1CCC=C(c2cc(F)c(C(N)=O)s2)C1. The molecule has 0 bridgehead atoms. The minimum absolute atomic E-state index is 0.0362. The first-order valence-electron chi connectivity index (χ1n) is 5.36. The Bertz CT molecular complexity index is 450. The Balaban J connectivity index is 2.31. The molecule has 1 atom stereocenters. The highest BCUT2D eigenvalue weighted by molar-refractivity contribution is 7.15. The molecule has 2 nitrogen and oxygen atoms in total. The highest BCUT2D eigenvalue weighted by Gasteiger charge is 2.18. The minimum atomic E-state index is -0.682. The number of thiophene rings is 1. The van der Waals surface area contributed by atoms with Crippen LogP contribution >= 0.6 is 11.3 Å². The summed E-state index contributed by atoms with van der Waals surface area (Å²) in [5.41, 5.74) is 6.25. The standard InChI is InChI=1S/C12H14FNOS/c1-7-3-2-4-8(5-7)10-6-9(13)11(16-10)12(14)15/h4,6-7H,2-3,5H2,1H3,(H2,14,15). The third kappa shape index (κ3) is 2.16. The van der Waals surface area contributed by atoms with Crippen LogP contribution in [0.15, 0.2) is 12.1 Å². The van der Waals surface area contributed by atoms with Gasteiger partial charge in [-0.2, -0.15) is 0 Å². The summed E-state index contributed by atoms with van der Waals surface area (Å²) in [4.78, 5) is 11.8. The first-order valence-corrected chi connectivity index (χ1v) is 6.18. The van der Waals surface area contributed by atoms with Crippen molar-refractivity contribution in [3.63, 3.8) is 0 Å². The Hall–Kier alpha value is -1.16. The molecule has 0 aromatic carbocycles. The summed E-state index contributed by atoms with van der Waals surface area (Å²) in [7, 11) is 0. The first kappa shape index (κ1) is 11.3. The van der Waals surface area contributed by atoms with Gasteiger partial charge < -0.3 is 5.73 Å². The molecule has 1 amide bonds. The molecule has 1 unspecified atom stereocenters. The number of hydrogen-bond donors (Lipinski definition) is 1. The Morgan fingerprint density at radius 1 is 1.62 bits per heavy atom. The van der Waals surface area contributed by atoms with E-state index in [4.69, 9.17) is 5.73 Å². The first-order chi connectivity index (χ1) is 7.58. The second-order valence-corrected chi connectivity index (χ2v) is 5.32. The number of rotatable bonds is 2. The maximum absolute atomic E-state index is 13.4. The second-order valence-electron chi connectivity index (χ2n) is 4.27. The van der Waals surface area contributed by atoms with Crippen molar-refractivity contribution < 1.29 is 9.18 Å². The van der Waals surface area contributed by atoms with Crippen LogP contribution < -0.4 is 5.73 Å². The molecule has 0 saturated carbocycles. The highest BCUT2D eigenvalue weighted by Crippen LogP contribution is 2.35. The topological polar surface area (TPSA) is 43.1 Å². The molecule has 2 N–H and O–H groups in total. The molecule has 0 fully saturated rings. The lowest BCUT2D eigenvalue weighted by molar-refractivity contribution is 0.100. The molecular formula is C12H14FNOS. The van der Waals surface area contributed by atoms with Gasteiger partial charge in [0, 0.05) is 4.88 Å². The smallest absolute Gasteiger partial charge is 0.261 e. The van der Waals surface area contributed by atoms with Gasteiger partial charge in [0.2, 0.25) is 0 Å². The molecular weight excluding hydrogens is 225 g/mol. The molecule has 1 aromatic heterocycles. The lowest BCUT2D eigenvalue weighted by atomic mass is 9.90. The van der Waals surface area contributed by atoms with Crippen LogP contribution in [0.25, 0.3) is 5.57 Å². The van der Waals surface area contributed by atoms with Crippen molar-refractivity contribution >= 4 is 22.8 Å². The fraction of sp³-hybridized carbons (Fsp3) is 0.417. The number of halogens is 1. The summed E-state index contributed by atoms with van der Waals surface area (Å²) < 4.78 is 13.4. The third-order valence-electron chi connectivity index (χ3n) is 2.85. The van der Waals surface area contributed by atoms with E-state index in [1.54, 1.807) is 0 Å². The van der Waals surface area contributed by atoms with Gasteiger partial charge in [0.05, 0.1) is 0 Å². The molecule has 1 heterocycles. The summed E-state index contributed by atoms with van der Waals surface area (Å²) >= 11 is 1.16. The van der Waals surface area contributed by atoms with Crippen LogP contribution in [0.2, 0.25) is 0 Å². The Morgan fingerprint density at radius 2 is 2.38 bits per heavy atom. The summed E-state index contributed by atoms with van der Waals surface area (Å²) in [6.07, 6.45) is 5.30. The van der Waals surface area contributed by atoms with Gasteiger partial charge >= 0.3 is 0 Å². The average Bonchev–Trinajstić information content (AvgIpc) is 2.60. The minimum Gasteiger partial charge on any atom is -0.365 e. The van der Waals surface area contributed by atoms with Crippen molar-refractivity contribution in [2.45, 2.75) is 26.2 Å². The number of nitrogens with two attached hydrogens (primary N) is 1. The number of carbonyl (C=O) groups is 1. The average molecular weight is 239 g/mol. The predicted octanol–water partition coefficient (Wildman–Crippen LogP) is 3.19. The zero-order valence-corrected chi connectivity index (χ0v) is 9.94. The number of carbonyl (C=O) groups excluding carboxylic acids is 1. The molecule has 0 aliphatic heterocycles. The number of allylic oxidation sites excluding steroid dienone is 2. The number of primary amides is 1. The van der Waals surface area contributed by atoms with E-state index >= 15 is 0 Å². The summed E-state index contributed by atoms with van der Waals surface area (Å²) in [6, 6.07) is 1.43. The Kier molecular flexibility index (Phi) is 3.10. The van der Waals surface area contributed by atoms with E-state index in [9.17, 15) is 9.18 Å². The van der Waals surface area contributed by atoms with E-state index in [1.165, 1.54) is 12.5 Å². The zero-order chi connectivity index (χ0) is 11.7. The van der Waals surface area contributed by atoms with E-state index in [1.807, 2.05) is 0 Å². The van der Waals surface area contributed by atoms with E-state index in [-0.39, 0.29) is 4.88 Å². The van der Waals surface area contributed by atoms with Crippen LogP contribution in [0.1, 0.15) is 40.7 Å². The van der Waals surface area contributed by atoms with Crippen LogP contribution in [-0.2, 0) is 0 Å². The molecule has 16 heavy (non-hydrogen) atoms. The lowest BCUT2D eigenvalue weighted by Gasteiger charge is -2.17. The van der Waals surface area contributed by atoms with Gasteiger partial charge in [0.1, 0.15) is 10.7 Å². The van der Waals surface area contributed by atoms with E-state index in [2.05, 4.69) is 13.0 Å². The molecule has 4 heteroatoms. The molecule has 1 aromatic rings. The van der Waals surface area contributed by atoms with Crippen LogP contribution in [0, 0.1) is 11.7 Å². The van der Waals surface area contributed by atoms with E-state index in [0.717, 1.165) is 34.6 Å². The second kappa shape index (κ2) is 4.37. The number of amides is 1. The van der Waals surface area contributed by atoms with E-state index < -0.39 is 11.7 Å². The van der Waals surface area contributed by atoms with Gasteiger partial charge in [-0.1, -0.05) is 13.0 Å². The summed E-state index contributed by atoms with van der Waals surface area (Å²) in [5.74, 6) is -0.549. The van der Waals surface area contributed by atoms with Crippen molar-refractivity contribution in [3.05, 3.63) is 27.7 Å². The van der Waals surface area contributed by atoms with Crippen molar-refractivity contribution in [2.24, 2.45) is 11.7 Å². The monoisotopic (exact) mass is 239 g/mol. The Labute approximate surface area is 98.0 Å². The third-order valence-corrected chi connectivity index (χ3v) is 4.05. The number of hydrogen-bond acceptors (Lipinski definition) is 2. The lowest BCUT2D eigenvalue weighted by Crippen LogP contribution is -2.10. The Morgan fingerprint density at radius 3 is 2.94 bits per heavy atom. The quantitative estimate of drug-likeness (QED) is 0.846. The highest BCUT2D eigenvalue weighted by atomic mass is 32.1. The molecule has 0 spiro atoms. The van der Waals surface area contributed by atoms with Gasteiger partial charge in [-0.05, 0) is 36.8 Å². The van der Waals surface area contributed by atoms with Gasteiger partial charge in [-0.3, -0.25) is 4.79 Å². The van der Waals surface area contributed by atoms with Gasteiger partial charge in [0.25, 0.3) is 5.91 Å². The maximum atomic E-state index is 13.4. The van der Waals surface area contributed by atoms with E-state index in [0.29, 0.717) is 5.92 Å². The molecule has 0 saturated heterocycles. The zero-order valence-electron chi connectivity index (χ0n) is 9.13. The molecule has 0 radical (unpaired) electrons. The van der Waals surface area contributed by atoms with Crippen LogP contribution in [0.5, 0.6) is 0 Å². The fourth-order valence-electron chi connectivity index (χ4n) is 2.00. The van der Waals surface area contributed by atoms with Crippen molar-refractivity contribution in [3.8, 4) is 0 Å².